The first kappa shape index (κ1) is 28.6. The number of aromatic nitrogens is 1. The lowest BCUT2D eigenvalue weighted by molar-refractivity contribution is 0.0635. The molecule has 1 aromatic heterocycles. The molecule has 0 saturated carbocycles. The van der Waals surface area contributed by atoms with Gasteiger partial charge in [-0.05, 0) is 57.4 Å². The van der Waals surface area contributed by atoms with E-state index in [-0.39, 0.29) is 11.7 Å². The molecular weight excluding hydrogens is 458 g/mol. The lowest BCUT2D eigenvalue weighted by Gasteiger charge is -2.23. The van der Waals surface area contributed by atoms with Gasteiger partial charge in [-0.15, -0.1) is 0 Å². The molecule has 1 aromatic carbocycles. The Kier molecular flexibility index (Phi) is 11.2. The Morgan fingerprint density at radius 1 is 0.944 bits per heavy atom. The second-order valence-corrected chi connectivity index (χ2v) is 9.54. The van der Waals surface area contributed by atoms with Gasteiger partial charge in [0.15, 0.2) is 0 Å². The van der Waals surface area contributed by atoms with Crippen molar-refractivity contribution >= 4 is 29.4 Å². The molecular formula is C27H39N5O4. The highest BCUT2D eigenvalue weighted by Gasteiger charge is 2.18. The number of benzene rings is 1. The molecule has 196 valence electrons. The van der Waals surface area contributed by atoms with Crippen LogP contribution in [0.3, 0.4) is 0 Å². The van der Waals surface area contributed by atoms with Crippen molar-refractivity contribution in [1.29, 1.82) is 0 Å². The van der Waals surface area contributed by atoms with E-state index in [4.69, 9.17) is 4.74 Å². The standard InChI is InChI=1S/C27H39N5O4/c1-6-8-11-17-32(25(34)28-16-7-2)19-20-14-15-23(29-18-20)24(33)30-21-12-9-10-13-22(21)31-26(35)36-27(3,4)5/h9-10,12-15,18H,6-8,11,16-17,19H2,1-5H3,(H,28,34)(H,30,33)(H,31,35). The molecule has 0 unspecified atom stereocenters. The molecule has 0 aliphatic carbocycles. The van der Waals surface area contributed by atoms with E-state index in [2.05, 4.69) is 27.9 Å². The molecule has 0 aliphatic rings. The minimum absolute atomic E-state index is 0.0936. The van der Waals surface area contributed by atoms with Gasteiger partial charge < -0.3 is 20.3 Å². The number of pyridine rings is 1. The lowest BCUT2D eigenvalue weighted by atomic mass is 10.2. The molecule has 9 heteroatoms. The molecule has 3 N–H and O–H groups in total. The van der Waals surface area contributed by atoms with Crippen LogP contribution in [-0.2, 0) is 11.3 Å². The second kappa shape index (κ2) is 14.1. The van der Waals surface area contributed by atoms with Crippen LogP contribution in [0.15, 0.2) is 42.6 Å². The minimum atomic E-state index is -0.643. The number of anilines is 2. The van der Waals surface area contributed by atoms with Gasteiger partial charge in [-0.2, -0.15) is 0 Å². The molecule has 0 spiro atoms. The van der Waals surface area contributed by atoms with Crippen molar-refractivity contribution in [2.75, 3.05) is 23.7 Å². The maximum Gasteiger partial charge on any atom is 0.412 e. The summed E-state index contributed by atoms with van der Waals surface area (Å²) in [6.07, 6.45) is 4.93. The van der Waals surface area contributed by atoms with E-state index in [1.807, 2.05) is 6.92 Å². The number of carbonyl (C=O) groups is 3. The van der Waals surface area contributed by atoms with Crippen LogP contribution in [0.1, 0.15) is 76.4 Å². The Morgan fingerprint density at radius 2 is 1.64 bits per heavy atom. The number of ether oxygens (including phenoxy) is 1. The summed E-state index contributed by atoms with van der Waals surface area (Å²) in [5, 5.41) is 8.38. The van der Waals surface area contributed by atoms with Crippen molar-refractivity contribution in [3.05, 3.63) is 53.9 Å². The SMILES string of the molecule is CCCCCN(Cc1ccc(C(=O)Nc2ccccc2NC(=O)OC(C)(C)C)nc1)C(=O)NCCC. The average Bonchev–Trinajstić information content (AvgIpc) is 2.82. The summed E-state index contributed by atoms with van der Waals surface area (Å²) < 4.78 is 5.29. The van der Waals surface area contributed by atoms with Crippen LogP contribution in [0.5, 0.6) is 0 Å². The van der Waals surface area contributed by atoms with Crippen LogP contribution in [0.2, 0.25) is 0 Å². The molecule has 0 bridgehead atoms. The van der Waals surface area contributed by atoms with Crippen LogP contribution in [0, 0.1) is 0 Å². The molecule has 0 fully saturated rings. The van der Waals surface area contributed by atoms with Crippen LogP contribution >= 0.6 is 0 Å². The van der Waals surface area contributed by atoms with Crippen LogP contribution < -0.4 is 16.0 Å². The fraction of sp³-hybridized carbons (Fsp3) is 0.481. The Labute approximate surface area is 214 Å². The number of amides is 4. The predicted octanol–water partition coefficient (Wildman–Crippen LogP) is 5.79. The van der Waals surface area contributed by atoms with Crippen LogP contribution in [0.4, 0.5) is 21.0 Å². The molecule has 0 aliphatic heterocycles. The van der Waals surface area contributed by atoms with Gasteiger partial charge in [0.2, 0.25) is 0 Å². The van der Waals surface area contributed by atoms with Gasteiger partial charge in [0.25, 0.3) is 5.91 Å². The molecule has 9 nitrogen and oxygen atoms in total. The van der Waals surface area contributed by atoms with Gasteiger partial charge in [-0.25, -0.2) is 9.59 Å². The van der Waals surface area contributed by atoms with Crippen LogP contribution in [0.25, 0.3) is 0 Å². The molecule has 2 rings (SSSR count). The lowest BCUT2D eigenvalue weighted by Crippen LogP contribution is -2.40. The number of para-hydroxylation sites is 2. The van der Waals surface area contributed by atoms with Crippen LogP contribution in [-0.4, -0.2) is 46.6 Å². The first-order valence-corrected chi connectivity index (χ1v) is 12.5. The number of urea groups is 1. The highest BCUT2D eigenvalue weighted by molar-refractivity contribution is 6.05. The molecule has 2 aromatic rings. The zero-order valence-electron chi connectivity index (χ0n) is 22.0. The smallest absolute Gasteiger partial charge is 0.412 e. The number of unbranched alkanes of at least 4 members (excludes halogenated alkanes) is 2. The summed E-state index contributed by atoms with van der Waals surface area (Å²) in [5.41, 5.74) is 1.25. The highest BCUT2D eigenvalue weighted by atomic mass is 16.6. The van der Waals surface area contributed by atoms with Crippen molar-refractivity contribution in [1.82, 2.24) is 15.2 Å². The second-order valence-electron chi connectivity index (χ2n) is 9.54. The van der Waals surface area contributed by atoms with Gasteiger partial charge in [0.05, 0.1) is 11.4 Å². The first-order chi connectivity index (χ1) is 17.1. The van der Waals surface area contributed by atoms with Gasteiger partial charge in [-0.3, -0.25) is 15.1 Å². The summed E-state index contributed by atoms with van der Waals surface area (Å²) >= 11 is 0. The predicted molar refractivity (Wildman–Crippen MR) is 142 cm³/mol. The summed E-state index contributed by atoms with van der Waals surface area (Å²) in [6.45, 7) is 11.2. The first-order valence-electron chi connectivity index (χ1n) is 12.5. The minimum Gasteiger partial charge on any atom is -0.444 e. The van der Waals surface area contributed by atoms with E-state index in [9.17, 15) is 14.4 Å². The molecule has 0 saturated heterocycles. The van der Waals surface area contributed by atoms with E-state index in [0.717, 1.165) is 31.2 Å². The molecule has 36 heavy (non-hydrogen) atoms. The third-order valence-corrected chi connectivity index (χ3v) is 5.09. The van der Waals surface area contributed by atoms with Crippen molar-refractivity contribution < 1.29 is 19.1 Å². The quantitative estimate of drug-likeness (QED) is 0.340. The third kappa shape index (κ3) is 9.93. The maximum absolute atomic E-state index is 12.8. The largest absolute Gasteiger partial charge is 0.444 e. The highest BCUT2D eigenvalue weighted by Crippen LogP contribution is 2.22. The van der Waals surface area contributed by atoms with Gasteiger partial charge in [0.1, 0.15) is 11.3 Å². The number of nitrogens with one attached hydrogen (secondary N) is 3. The Morgan fingerprint density at radius 3 is 2.22 bits per heavy atom. The molecule has 0 radical (unpaired) electrons. The van der Waals surface area contributed by atoms with E-state index < -0.39 is 17.6 Å². The number of carbonyl (C=O) groups excluding carboxylic acids is 3. The van der Waals surface area contributed by atoms with E-state index >= 15 is 0 Å². The number of hydrogen-bond donors (Lipinski definition) is 3. The monoisotopic (exact) mass is 497 g/mol. The molecule has 0 atom stereocenters. The van der Waals surface area contributed by atoms with Crippen molar-refractivity contribution in [2.24, 2.45) is 0 Å². The van der Waals surface area contributed by atoms with Crippen molar-refractivity contribution in [2.45, 2.75) is 72.4 Å². The summed E-state index contributed by atoms with van der Waals surface area (Å²) in [6, 6.07) is 10.2. The zero-order valence-corrected chi connectivity index (χ0v) is 22.0. The fourth-order valence-electron chi connectivity index (χ4n) is 3.32. The Bertz CT molecular complexity index is 1000. The summed E-state index contributed by atoms with van der Waals surface area (Å²) in [5.74, 6) is -0.416. The maximum atomic E-state index is 12.8. The van der Waals surface area contributed by atoms with E-state index in [1.54, 1.807) is 68.3 Å². The number of hydrogen-bond acceptors (Lipinski definition) is 5. The summed E-state index contributed by atoms with van der Waals surface area (Å²) in [7, 11) is 0. The Balaban J connectivity index is 2.05. The zero-order chi connectivity index (χ0) is 26.6. The Hall–Kier alpha value is -3.62. The summed E-state index contributed by atoms with van der Waals surface area (Å²) in [4.78, 5) is 43.6. The van der Waals surface area contributed by atoms with E-state index in [0.29, 0.717) is 31.0 Å². The normalized spacial score (nSPS) is 10.9. The van der Waals surface area contributed by atoms with Gasteiger partial charge in [0, 0.05) is 25.8 Å². The van der Waals surface area contributed by atoms with E-state index in [1.165, 1.54) is 0 Å². The topological polar surface area (TPSA) is 113 Å². The number of rotatable bonds is 11. The van der Waals surface area contributed by atoms with Gasteiger partial charge in [-0.1, -0.05) is 44.9 Å². The van der Waals surface area contributed by atoms with Gasteiger partial charge >= 0.3 is 12.1 Å². The number of nitrogens with zero attached hydrogens (tertiary/aromatic N) is 2. The van der Waals surface area contributed by atoms with Crippen molar-refractivity contribution in [3.8, 4) is 0 Å². The third-order valence-electron chi connectivity index (χ3n) is 5.09. The fourth-order valence-corrected chi connectivity index (χ4v) is 3.32. The molecule has 1 heterocycles. The average molecular weight is 498 g/mol. The molecule has 4 amide bonds. The van der Waals surface area contributed by atoms with Crippen molar-refractivity contribution in [3.63, 3.8) is 0 Å².